The standard InChI is InChI=1S/C23H20N2O5S/c1-29-17-9-7-16(8-10-17)23(28)13-31-21-19(12-24)18(11-20(26)25(21)23)14-3-5-15(6-4-14)22(27)30-2/h3-10,18,28H,11,13H2,1-2H3/t18-,23-/m1/s1. The van der Waals surface area contributed by atoms with Gasteiger partial charge < -0.3 is 14.6 Å². The summed E-state index contributed by atoms with van der Waals surface area (Å²) in [4.78, 5) is 26.2. The van der Waals surface area contributed by atoms with Crippen LogP contribution in [-0.4, -0.2) is 41.9 Å². The van der Waals surface area contributed by atoms with Gasteiger partial charge in [0, 0.05) is 17.9 Å². The van der Waals surface area contributed by atoms with E-state index in [-0.39, 0.29) is 18.1 Å². The van der Waals surface area contributed by atoms with Gasteiger partial charge in [-0.2, -0.15) is 5.26 Å². The Kier molecular flexibility index (Phi) is 5.48. The van der Waals surface area contributed by atoms with E-state index in [0.29, 0.717) is 27.5 Å². The lowest BCUT2D eigenvalue weighted by Gasteiger charge is -2.38. The lowest BCUT2D eigenvalue weighted by molar-refractivity contribution is -0.149. The van der Waals surface area contributed by atoms with E-state index in [1.54, 1.807) is 55.6 Å². The van der Waals surface area contributed by atoms with E-state index in [2.05, 4.69) is 6.07 Å². The highest BCUT2D eigenvalue weighted by Gasteiger charge is 2.51. The van der Waals surface area contributed by atoms with Crippen molar-refractivity contribution in [3.05, 3.63) is 75.8 Å². The molecule has 8 heteroatoms. The molecule has 2 atom stereocenters. The molecule has 0 radical (unpaired) electrons. The van der Waals surface area contributed by atoms with Gasteiger partial charge in [0.2, 0.25) is 5.91 Å². The van der Waals surface area contributed by atoms with Crippen molar-refractivity contribution in [3.8, 4) is 11.8 Å². The van der Waals surface area contributed by atoms with Crippen LogP contribution >= 0.6 is 11.8 Å². The summed E-state index contributed by atoms with van der Waals surface area (Å²) in [6.45, 7) is 0. The van der Waals surface area contributed by atoms with Gasteiger partial charge in [-0.15, -0.1) is 11.8 Å². The van der Waals surface area contributed by atoms with Crippen molar-refractivity contribution in [2.45, 2.75) is 18.1 Å². The predicted molar refractivity (Wildman–Crippen MR) is 114 cm³/mol. The van der Waals surface area contributed by atoms with Crippen molar-refractivity contribution in [1.29, 1.82) is 5.26 Å². The molecule has 4 rings (SSSR count). The summed E-state index contributed by atoms with van der Waals surface area (Å²) < 4.78 is 9.89. The summed E-state index contributed by atoms with van der Waals surface area (Å²) in [6, 6.07) is 15.8. The van der Waals surface area contributed by atoms with Gasteiger partial charge in [-0.1, -0.05) is 24.3 Å². The molecule has 0 bridgehead atoms. The number of nitriles is 1. The van der Waals surface area contributed by atoms with Gasteiger partial charge in [-0.25, -0.2) is 4.79 Å². The van der Waals surface area contributed by atoms with E-state index < -0.39 is 17.6 Å². The van der Waals surface area contributed by atoms with Crippen molar-refractivity contribution >= 4 is 23.6 Å². The molecule has 0 aromatic heterocycles. The molecule has 7 nitrogen and oxygen atoms in total. The fraction of sp³-hybridized carbons (Fsp3) is 0.261. The molecule has 1 saturated heterocycles. The molecular formula is C23H20N2O5S. The van der Waals surface area contributed by atoms with E-state index in [9.17, 15) is 20.0 Å². The SMILES string of the molecule is COC(=O)c1ccc([C@H]2CC(=O)N3C(=C2C#N)SC[C@@]3(O)c2ccc(OC)cc2)cc1. The maximum atomic E-state index is 13.2. The second-order valence-corrected chi connectivity index (χ2v) is 8.23. The van der Waals surface area contributed by atoms with Crippen molar-refractivity contribution < 1.29 is 24.2 Å². The average molecular weight is 436 g/mol. The highest BCUT2D eigenvalue weighted by molar-refractivity contribution is 8.03. The summed E-state index contributed by atoms with van der Waals surface area (Å²) in [6.07, 6.45) is 0.0446. The fourth-order valence-corrected chi connectivity index (χ4v) is 5.31. The second-order valence-electron chi connectivity index (χ2n) is 7.26. The van der Waals surface area contributed by atoms with Crippen LogP contribution in [0.2, 0.25) is 0 Å². The van der Waals surface area contributed by atoms with Crippen molar-refractivity contribution in [3.63, 3.8) is 0 Å². The Labute approximate surface area is 183 Å². The van der Waals surface area contributed by atoms with Gasteiger partial charge in [-0.3, -0.25) is 9.69 Å². The minimum Gasteiger partial charge on any atom is -0.497 e. The number of amides is 1. The van der Waals surface area contributed by atoms with Crippen LogP contribution in [0.3, 0.4) is 0 Å². The molecule has 1 fully saturated rings. The Morgan fingerprint density at radius 1 is 1.19 bits per heavy atom. The Morgan fingerprint density at radius 2 is 1.87 bits per heavy atom. The Morgan fingerprint density at radius 3 is 2.45 bits per heavy atom. The summed E-state index contributed by atoms with van der Waals surface area (Å²) in [5, 5.41) is 21.8. The minimum absolute atomic E-state index is 0.0446. The molecule has 0 unspecified atom stereocenters. The lowest BCUT2D eigenvalue weighted by atomic mass is 9.85. The highest BCUT2D eigenvalue weighted by Crippen LogP contribution is 2.51. The Hall–Kier alpha value is -3.28. The number of benzene rings is 2. The van der Waals surface area contributed by atoms with E-state index in [0.717, 1.165) is 5.56 Å². The molecule has 0 saturated carbocycles. The van der Waals surface area contributed by atoms with Crippen molar-refractivity contribution in [2.75, 3.05) is 20.0 Å². The third-order valence-electron chi connectivity index (χ3n) is 5.60. The smallest absolute Gasteiger partial charge is 0.337 e. The predicted octanol–water partition coefficient (Wildman–Crippen LogP) is 3.12. The molecule has 1 amide bonds. The maximum absolute atomic E-state index is 13.2. The van der Waals surface area contributed by atoms with Crippen molar-refractivity contribution in [2.24, 2.45) is 0 Å². The molecule has 2 aromatic rings. The summed E-state index contributed by atoms with van der Waals surface area (Å²) in [5.41, 5.74) is 0.600. The number of thioether (sulfide) groups is 1. The van der Waals surface area contributed by atoms with Crippen LogP contribution in [0.25, 0.3) is 0 Å². The number of hydrogen-bond donors (Lipinski definition) is 1. The number of esters is 1. The molecule has 2 aromatic carbocycles. The van der Waals surface area contributed by atoms with Crippen LogP contribution in [0.15, 0.2) is 59.1 Å². The molecular weight excluding hydrogens is 416 g/mol. The molecule has 2 heterocycles. The van der Waals surface area contributed by atoms with Gasteiger partial charge in [0.1, 0.15) is 5.75 Å². The first-order valence-corrected chi connectivity index (χ1v) is 10.6. The molecule has 31 heavy (non-hydrogen) atoms. The van der Waals surface area contributed by atoms with E-state index in [1.807, 2.05) is 0 Å². The van der Waals surface area contributed by atoms with Gasteiger partial charge in [0.05, 0.1) is 42.2 Å². The zero-order valence-electron chi connectivity index (χ0n) is 17.0. The number of ether oxygens (including phenoxy) is 2. The summed E-state index contributed by atoms with van der Waals surface area (Å²) >= 11 is 1.29. The van der Waals surface area contributed by atoms with Crippen LogP contribution in [0.5, 0.6) is 5.75 Å². The quantitative estimate of drug-likeness (QED) is 0.735. The molecule has 2 aliphatic heterocycles. The van der Waals surface area contributed by atoms with Crippen LogP contribution < -0.4 is 4.74 Å². The van der Waals surface area contributed by atoms with E-state index in [1.165, 1.54) is 23.8 Å². The first-order valence-electron chi connectivity index (χ1n) is 9.58. The number of allylic oxidation sites excluding steroid dienone is 1. The monoisotopic (exact) mass is 436 g/mol. The number of rotatable bonds is 4. The second kappa shape index (κ2) is 8.10. The van der Waals surface area contributed by atoms with Gasteiger partial charge in [-0.05, 0) is 29.8 Å². The first-order chi connectivity index (χ1) is 14.9. The van der Waals surface area contributed by atoms with Crippen LogP contribution in [0.4, 0.5) is 0 Å². The number of aliphatic hydroxyl groups is 1. The Balaban J connectivity index is 1.72. The van der Waals surface area contributed by atoms with Gasteiger partial charge in [0.15, 0.2) is 5.72 Å². The molecule has 1 N–H and O–H groups in total. The molecule has 0 aliphatic carbocycles. The molecule has 0 spiro atoms. The van der Waals surface area contributed by atoms with Gasteiger partial charge >= 0.3 is 5.97 Å². The molecule has 158 valence electrons. The van der Waals surface area contributed by atoms with Crippen LogP contribution in [0.1, 0.15) is 33.8 Å². The van der Waals surface area contributed by atoms with Crippen molar-refractivity contribution in [1.82, 2.24) is 4.90 Å². The molecule has 2 aliphatic rings. The highest BCUT2D eigenvalue weighted by atomic mass is 32.2. The van der Waals surface area contributed by atoms with Crippen LogP contribution in [-0.2, 0) is 15.3 Å². The number of hydrogen-bond acceptors (Lipinski definition) is 7. The minimum atomic E-state index is -1.54. The zero-order chi connectivity index (χ0) is 22.2. The van der Waals surface area contributed by atoms with Crippen LogP contribution in [0, 0.1) is 11.3 Å². The summed E-state index contributed by atoms with van der Waals surface area (Å²) in [7, 11) is 2.87. The zero-order valence-corrected chi connectivity index (χ0v) is 17.8. The summed E-state index contributed by atoms with van der Waals surface area (Å²) in [5.74, 6) is -0.292. The van der Waals surface area contributed by atoms with E-state index in [4.69, 9.17) is 9.47 Å². The number of nitrogens with zero attached hydrogens (tertiary/aromatic N) is 2. The van der Waals surface area contributed by atoms with E-state index >= 15 is 0 Å². The number of methoxy groups -OCH3 is 2. The number of carbonyl (C=O) groups is 2. The maximum Gasteiger partial charge on any atom is 0.337 e. The number of fused-ring (bicyclic) bond motifs is 1. The number of carbonyl (C=O) groups excluding carboxylic acids is 2. The Bertz CT molecular complexity index is 1100. The topological polar surface area (TPSA) is 99.9 Å². The normalized spacial score (nSPS) is 22.7. The third-order valence-corrected chi connectivity index (χ3v) is 6.82. The fourth-order valence-electron chi connectivity index (χ4n) is 3.95. The first kappa shape index (κ1) is 21.0. The third kappa shape index (κ3) is 3.46. The largest absolute Gasteiger partial charge is 0.497 e. The van der Waals surface area contributed by atoms with Gasteiger partial charge in [0.25, 0.3) is 0 Å². The lowest BCUT2D eigenvalue weighted by Crippen LogP contribution is -2.48. The average Bonchev–Trinajstić information content (AvgIpc) is 3.17.